The molecule has 0 aromatic rings. The van der Waals surface area contributed by atoms with Gasteiger partial charge in [-0.3, -0.25) is 14.5 Å². The molecule has 1 saturated heterocycles. The number of hydrogen-bond acceptors (Lipinski definition) is 4. The first-order valence-corrected chi connectivity index (χ1v) is 7.52. The number of likely N-dealkylation sites (N-methyl/N-ethyl adjacent to an activating group) is 1. The molecule has 0 bridgehead atoms. The van der Waals surface area contributed by atoms with Gasteiger partial charge in [0.15, 0.2) is 0 Å². The number of carbonyl (C=O) groups is 3. The predicted octanol–water partition coefficient (Wildman–Crippen LogP) is 0.0803. The van der Waals surface area contributed by atoms with E-state index in [-0.39, 0.29) is 43.4 Å². The second-order valence-electron chi connectivity index (χ2n) is 5.81. The summed E-state index contributed by atoms with van der Waals surface area (Å²) in [7, 11) is 1.58. The maximum Gasteiger partial charge on any atom is 0.326 e. The van der Waals surface area contributed by atoms with Crippen LogP contribution in [0.5, 0.6) is 0 Å². The van der Waals surface area contributed by atoms with Crippen molar-refractivity contribution in [2.24, 2.45) is 0 Å². The molecule has 1 aliphatic carbocycles. The van der Waals surface area contributed by atoms with Crippen LogP contribution in [0.3, 0.4) is 0 Å². The number of imide groups is 1. The monoisotopic (exact) mass is 297 g/mol. The predicted molar refractivity (Wildman–Crippen MR) is 75.4 cm³/mol. The zero-order chi connectivity index (χ0) is 15.4. The molecule has 2 atom stereocenters. The average molecular weight is 297 g/mol. The molecule has 1 saturated carbocycles. The van der Waals surface area contributed by atoms with Gasteiger partial charge in [-0.15, -0.1) is 0 Å². The maximum absolute atomic E-state index is 11.8. The van der Waals surface area contributed by atoms with Gasteiger partial charge in [0, 0.05) is 20.0 Å². The average Bonchev–Trinajstić information content (AvgIpc) is 2.68. The van der Waals surface area contributed by atoms with E-state index in [1.807, 2.05) is 0 Å². The van der Waals surface area contributed by atoms with Gasteiger partial charge >= 0.3 is 6.03 Å². The molecule has 0 unspecified atom stereocenters. The van der Waals surface area contributed by atoms with Crippen LogP contribution in [0.1, 0.15) is 38.5 Å². The second-order valence-corrected chi connectivity index (χ2v) is 5.81. The number of rotatable bonds is 5. The molecular formula is C14H23N3O4. The smallest absolute Gasteiger partial charge is 0.326 e. The molecule has 21 heavy (non-hydrogen) atoms. The zero-order valence-corrected chi connectivity index (χ0v) is 12.4. The SMILES string of the molecule is CN1CC(=O)N(CCCC(=O)N[C@H]2CCCC[C@@H]2O)C1=O. The van der Waals surface area contributed by atoms with Gasteiger partial charge in [-0.05, 0) is 19.3 Å². The highest BCUT2D eigenvalue weighted by Gasteiger charge is 2.33. The molecule has 0 aromatic carbocycles. The van der Waals surface area contributed by atoms with Crippen molar-refractivity contribution in [3.8, 4) is 0 Å². The quantitative estimate of drug-likeness (QED) is 0.703. The van der Waals surface area contributed by atoms with E-state index in [9.17, 15) is 19.5 Å². The highest BCUT2D eigenvalue weighted by Crippen LogP contribution is 2.18. The fourth-order valence-corrected chi connectivity index (χ4v) is 2.85. The third kappa shape index (κ3) is 3.93. The van der Waals surface area contributed by atoms with Gasteiger partial charge in [0.1, 0.15) is 6.54 Å². The van der Waals surface area contributed by atoms with Crippen LogP contribution in [-0.2, 0) is 9.59 Å². The van der Waals surface area contributed by atoms with E-state index >= 15 is 0 Å². The van der Waals surface area contributed by atoms with Crippen LogP contribution in [0.4, 0.5) is 4.79 Å². The number of amides is 4. The minimum absolute atomic E-state index is 0.110. The van der Waals surface area contributed by atoms with Crippen molar-refractivity contribution in [1.82, 2.24) is 15.1 Å². The third-order valence-corrected chi connectivity index (χ3v) is 4.09. The standard InChI is InChI=1S/C14H23N3O4/c1-16-9-13(20)17(14(16)21)8-4-7-12(19)15-10-5-2-3-6-11(10)18/h10-11,18H,2-9H2,1H3,(H,15,19)/t10-,11-/m0/s1. The summed E-state index contributed by atoms with van der Waals surface area (Å²) in [6.07, 6.45) is 3.79. The Morgan fingerprint density at radius 3 is 2.67 bits per heavy atom. The van der Waals surface area contributed by atoms with E-state index in [1.165, 1.54) is 9.80 Å². The summed E-state index contributed by atoms with van der Waals surface area (Å²) in [5, 5.41) is 12.6. The normalized spacial score (nSPS) is 26.4. The Balaban J connectivity index is 1.69. The Bertz CT molecular complexity index is 426. The minimum Gasteiger partial charge on any atom is -0.391 e. The molecule has 1 aliphatic heterocycles. The topological polar surface area (TPSA) is 90.0 Å². The van der Waals surface area contributed by atoms with Crippen molar-refractivity contribution in [2.45, 2.75) is 50.7 Å². The Hall–Kier alpha value is -1.63. The van der Waals surface area contributed by atoms with E-state index in [4.69, 9.17) is 0 Å². The molecule has 7 nitrogen and oxygen atoms in total. The first-order valence-electron chi connectivity index (χ1n) is 7.52. The molecule has 0 spiro atoms. The Morgan fingerprint density at radius 1 is 1.33 bits per heavy atom. The second kappa shape index (κ2) is 6.89. The van der Waals surface area contributed by atoms with Gasteiger partial charge in [0.05, 0.1) is 12.1 Å². The molecule has 2 fully saturated rings. The lowest BCUT2D eigenvalue weighted by atomic mass is 9.92. The summed E-state index contributed by atoms with van der Waals surface area (Å²) in [6, 6.07) is -0.462. The third-order valence-electron chi connectivity index (χ3n) is 4.09. The molecule has 7 heteroatoms. The van der Waals surface area contributed by atoms with Crippen molar-refractivity contribution in [1.29, 1.82) is 0 Å². The lowest BCUT2D eigenvalue weighted by Crippen LogP contribution is -2.45. The lowest BCUT2D eigenvalue weighted by molar-refractivity contribution is -0.126. The van der Waals surface area contributed by atoms with E-state index in [2.05, 4.69) is 5.32 Å². The molecular weight excluding hydrogens is 274 g/mol. The van der Waals surface area contributed by atoms with Gasteiger partial charge in [0.25, 0.3) is 0 Å². The molecule has 1 heterocycles. The van der Waals surface area contributed by atoms with Crippen molar-refractivity contribution in [3.63, 3.8) is 0 Å². The molecule has 4 amide bonds. The molecule has 2 aliphatic rings. The minimum atomic E-state index is -0.460. The Morgan fingerprint density at radius 2 is 2.05 bits per heavy atom. The van der Waals surface area contributed by atoms with Gasteiger partial charge in [0.2, 0.25) is 11.8 Å². The zero-order valence-electron chi connectivity index (χ0n) is 12.4. The number of aliphatic hydroxyl groups excluding tert-OH is 1. The lowest BCUT2D eigenvalue weighted by Gasteiger charge is -2.28. The summed E-state index contributed by atoms with van der Waals surface area (Å²) in [5.41, 5.74) is 0. The number of hydrogen-bond donors (Lipinski definition) is 2. The number of aliphatic hydroxyl groups is 1. The van der Waals surface area contributed by atoms with Crippen LogP contribution >= 0.6 is 0 Å². The molecule has 2 rings (SSSR count). The van der Waals surface area contributed by atoms with Crippen LogP contribution in [-0.4, -0.2) is 65.0 Å². The fourth-order valence-electron chi connectivity index (χ4n) is 2.85. The number of nitrogens with one attached hydrogen (secondary N) is 1. The molecule has 0 aromatic heterocycles. The van der Waals surface area contributed by atoms with E-state index < -0.39 is 6.10 Å². The highest BCUT2D eigenvalue weighted by atomic mass is 16.3. The maximum atomic E-state index is 11.8. The van der Waals surface area contributed by atoms with Gasteiger partial charge < -0.3 is 15.3 Å². The van der Waals surface area contributed by atoms with E-state index in [1.54, 1.807) is 7.05 Å². The molecule has 2 N–H and O–H groups in total. The number of carbonyl (C=O) groups excluding carboxylic acids is 3. The van der Waals surface area contributed by atoms with Gasteiger partial charge in [-0.2, -0.15) is 0 Å². The van der Waals surface area contributed by atoms with Gasteiger partial charge in [-0.1, -0.05) is 12.8 Å². The van der Waals surface area contributed by atoms with Crippen LogP contribution in [0.25, 0.3) is 0 Å². The van der Waals surface area contributed by atoms with Crippen molar-refractivity contribution in [3.05, 3.63) is 0 Å². The fraction of sp³-hybridized carbons (Fsp3) is 0.786. The molecule has 118 valence electrons. The van der Waals surface area contributed by atoms with Crippen LogP contribution in [0.15, 0.2) is 0 Å². The summed E-state index contributed by atoms with van der Waals surface area (Å²) in [4.78, 5) is 37.6. The first kappa shape index (κ1) is 15.8. The van der Waals surface area contributed by atoms with Crippen LogP contribution < -0.4 is 5.32 Å². The largest absolute Gasteiger partial charge is 0.391 e. The summed E-state index contributed by atoms with van der Waals surface area (Å²) in [6.45, 7) is 0.377. The summed E-state index contributed by atoms with van der Waals surface area (Å²) >= 11 is 0. The summed E-state index contributed by atoms with van der Waals surface area (Å²) in [5.74, 6) is -0.348. The van der Waals surface area contributed by atoms with Crippen LogP contribution in [0, 0.1) is 0 Å². The first-order chi connectivity index (χ1) is 9.99. The Kier molecular flexibility index (Phi) is 5.17. The number of nitrogens with zero attached hydrogens (tertiary/aromatic N) is 2. The van der Waals surface area contributed by atoms with E-state index in [0.29, 0.717) is 6.42 Å². The van der Waals surface area contributed by atoms with Crippen molar-refractivity contribution < 1.29 is 19.5 Å². The molecule has 0 radical (unpaired) electrons. The van der Waals surface area contributed by atoms with Crippen molar-refractivity contribution >= 4 is 17.8 Å². The van der Waals surface area contributed by atoms with Gasteiger partial charge in [-0.25, -0.2) is 4.79 Å². The Labute approximate surface area is 124 Å². The van der Waals surface area contributed by atoms with Crippen LogP contribution in [0.2, 0.25) is 0 Å². The summed E-state index contributed by atoms with van der Waals surface area (Å²) < 4.78 is 0. The number of urea groups is 1. The van der Waals surface area contributed by atoms with Crippen molar-refractivity contribution in [2.75, 3.05) is 20.1 Å². The van der Waals surface area contributed by atoms with E-state index in [0.717, 1.165) is 25.7 Å². The highest BCUT2D eigenvalue weighted by molar-refractivity contribution is 6.01.